The lowest BCUT2D eigenvalue weighted by Gasteiger charge is -2.04. The number of nitrogens with two attached hydrogens (primary N) is 1. The fourth-order valence-corrected chi connectivity index (χ4v) is 1.18. The fraction of sp³-hybridized carbons (Fsp3) is 0.222. The molecule has 0 fully saturated rings. The maximum absolute atomic E-state index is 11.4. The summed E-state index contributed by atoms with van der Waals surface area (Å²) in [5.41, 5.74) is 6.48. The minimum absolute atomic E-state index is 0. The second kappa shape index (κ2) is 5.73. The number of hydrogen-bond acceptors (Lipinski definition) is 2. The summed E-state index contributed by atoms with van der Waals surface area (Å²) in [7, 11) is 0. The van der Waals surface area contributed by atoms with Crippen LogP contribution in [-0.2, 0) is 0 Å². The van der Waals surface area contributed by atoms with Gasteiger partial charge in [0, 0.05) is 12.2 Å². The molecule has 0 atom stereocenters. The first-order valence-corrected chi connectivity index (χ1v) is 4.36. The Morgan fingerprint density at radius 3 is 2.79 bits per heavy atom. The van der Waals surface area contributed by atoms with Gasteiger partial charge in [0.2, 0.25) is 0 Å². The average Bonchev–Trinajstić information content (AvgIpc) is 2.09. The molecule has 1 amide bonds. The lowest BCUT2D eigenvalue weighted by molar-refractivity contribution is 0.0956. The van der Waals surface area contributed by atoms with Crippen molar-refractivity contribution >= 4 is 35.6 Å². The Balaban J connectivity index is 0.00000169. The van der Waals surface area contributed by atoms with Gasteiger partial charge in [-0.1, -0.05) is 11.6 Å². The molecule has 0 heterocycles. The molecule has 0 unspecified atom stereocenters. The van der Waals surface area contributed by atoms with Crippen LogP contribution in [0.5, 0.6) is 0 Å². The van der Waals surface area contributed by atoms with E-state index in [1.807, 2.05) is 6.92 Å². The van der Waals surface area contributed by atoms with Gasteiger partial charge in [-0.2, -0.15) is 0 Å². The van der Waals surface area contributed by atoms with Gasteiger partial charge in [0.25, 0.3) is 5.91 Å². The van der Waals surface area contributed by atoms with Gasteiger partial charge in [-0.25, -0.2) is 0 Å². The summed E-state index contributed by atoms with van der Waals surface area (Å²) in [5, 5.41) is 3.07. The highest BCUT2D eigenvalue weighted by atomic mass is 35.5. The van der Waals surface area contributed by atoms with E-state index in [1.165, 1.54) is 0 Å². The molecule has 3 nitrogen and oxygen atoms in total. The summed E-state index contributed by atoms with van der Waals surface area (Å²) in [5.74, 6) is -0.195. The van der Waals surface area contributed by atoms with Crippen molar-refractivity contribution in [1.82, 2.24) is 5.32 Å². The van der Waals surface area contributed by atoms with Crippen molar-refractivity contribution < 1.29 is 4.79 Å². The highest BCUT2D eigenvalue weighted by molar-refractivity contribution is 6.34. The molecule has 0 bridgehead atoms. The first kappa shape index (κ1) is 13.1. The van der Waals surface area contributed by atoms with E-state index in [0.717, 1.165) is 0 Å². The highest BCUT2D eigenvalue weighted by Crippen LogP contribution is 2.18. The number of amides is 1. The van der Waals surface area contributed by atoms with Crippen LogP contribution in [0.15, 0.2) is 18.2 Å². The molecule has 1 rings (SSSR count). The summed E-state index contributed by atoms with van der Waals surface area (Å²) in [6.45, 7) is 2.42. The van der Waals surface area contributed by atoms with Crippen molar-refractivity contribution in [2.24, 2.45) is 0 Å². The molecule has 0 aromatic heterocycles. The molecule has 5 heteroatoms. The second-order valence-electron chi connectivity index (χ2n) is 2.60. The largest absolute Gasteiger partial charge is 0.399 e. The topological polar surface area (TPSA) is 55.1 Å². The van der Waals surface area contributed by atoms with E-state index in [2.05, 4.69) is 5.32 Å². The summed E-state index contributed by atoms with van der Waals surface area (Å²) in [6, 6.07) is 4.83. The van der Waals surface area contributed by atoms with Crippen LogP contribution in [-0.4, -0.2) is 12.5 Å². The van der Waals surface area contributed by atoms with Gasteiger partial charge < -0.3 is 11.1 Å². The van der Waals surface area contributed by atoms with Crippen molar-refractivity contribution in [2.45, 2.75) is 6.92 Å². The van der Waals surface area contributed by atoms with E-state index in [4.69, 9.17) is 17.3 Å². The number of benzene rings is 1. The van der Waals surface area contributed by atoms with E-state index in [0.29, 0.717) is 22.8 Å². The van der Waals surface area contributed by atoms with Crippen LogP contribution in [0.3, 0.4) is 0 Å². The molecule has 0 saturated heterocycles. The molecule has 0 radical (unpaired) electrons. The summed E-state index contributed by atoms with van der Waals surface area (Å²) < 4.78 is 0. The van der Waals surface area contributed by atoms with Crippen LogP contribution in [0, 0.1) is 0 Å². The SMILES string of the molecule is CCNC(=O)c1cc(N)ccc1Cl.Cl. The number of rotatable bonds is 2. The van der Waals surface area contributed by atoms with Gasteiger partial charge >= 0.3 is 0 Å². The van der Waals surface area contributed by atoms with Gasteiger partial charge in [-0.05, 0) is 25.1 Å². The zero-order valence-electron chi connectivity index (χ0n) is 7.71. The number of nitrogen functional groups attached to an aromatic ring is 1. The Hall–Kier alpha value is -0.930. The minimum Gasteiger partial charge on any atom is -0.399 e. The van der Waals surface area contributed by atoms with Crippen LogP contribution in [0.1, 0.15) is 17.3 Å². The molecule has 1 aromatic carbocycles. The third-order valence-electron chi connectivity index (χ3n) is 1.57. The number of nitrogens with one attached hydrogen (secondary N) is 1. The predicted octanol–water partition coefficient (Wildman–Crippen LogP) is 2.09. The van der Waals surface area contributed by atoms with Crippen LogP contribution >= 0.6 is 24.0 Å². The van der Waals surface area contributed by atoms with Crippen molar-refractivity contribution in [3.63, 3.8) is 0 Å². The molecule has 0 spiro atoms. The molecule has 14 heavy (non-hydrogen) atoms. The number of hydrogen-bond donors (Lipinski definition) is 2. The molecule has 0 saturated carbocycles. The molecular formula is C9H12Cl2N2O. The van der Waals surface area contributed by atoms with Crippen molar-refractivity contribution in [3.05, 3.63) is 28.8 Å². The van der Waals surface area contributed by atoms with E-state index in [9.17, 15) is 4.79 Å². The second-order valence-corrected chi connectivity index (χ2v) is 3.01. The number of halogens is 2. The standard InChI is InChI=1S/C9H11ClN2O.ClH/c1-2-12-9(13)7-5-6(11)3-4-8(7)10;/h3-5H,2,11H2,1H3,(H,12,13);1H. The van der Waals surface area contributed by atoms with Gasteiger partial charge in [0.15, 0.2) is 0 Å². The molecule has 1 aromatic rings. The van der Waals surface area contributed by atoms with Gasteiger partial charge in [-0.3, -0.25) is 4.79 Å². The lowest BCUT2D eigenvalue weighted by Crippen LogP contribution is -2.23. The van der Waals surface area contributed by atoms with E-state index < -0.39 is 0 Å². The zero-order chi connectivity index (χ0) is 9.84. The summed E-state index contributed by atoms with van der Waals surface area (Å²) in [4.78, 5) is 11.4. The maximum Gasteiger partial charge on any atom is 0.252 e. The van der Waals surface area contributed by atoms with E-state index in [1.54, 1.807) is 18.2 Å². The first-order valence-electron chi connectivity index (χ1n) is 3.98. The number of carbonyl (C=O) groups is 1. The molecule has 78 valence electrons. The lowest BCUT2D eigenvalue weighted by atomic mass is 10.2. The van der Waals surface area contributed by atoms with Crippen LogP contribution < -0.4 is 11.1 Å². The van der Waals surface area contributed by atoms with Crippen molar-refractivity contribution in [3.8, 4) is 0 Å². The average molecular weight is 235 g/mol. The maximum atomic E-state index is 11.4. The Morgan fingerprint density at radius 1 is 1.57 bits per heavy atom. The molecule has 0 aliphatic carbocycles. The molecular weight excluding hydrogens is 223 g/mol. The molecule has 3 N–H and O–H groups in total. The summed E-state index contributed by atoms with van der Waals surface area (Å²) in [6.07, 6.45) is 0. The van der Waals surface area contributed by atoms with E-state index in [-0.39, 0.29) is 18.3 Å². The van der Waals surface area contributed by atoms with E-state index >= 15 is 0 Å². The zero-order valence-corrected chi connectivity index (χ0v) is 9.28. The Kier molecular flexibility index (Phi) is 5.35. The van der Waals surface area contributed by atoms with Crippen LogP contribution in [0.4, 0.5) is 5.69 Å². The fourth-order valence-electron chi connectivity index (χ4n) is 0.973. The first-order chi connectivity index (χ1) is 6.15. The molecule has 0 aliphatic rings. The predicted molar refractivity (Wildman–Crippen MR) is 61.1 cm³/mol. The Morgan fingerprint density at radius 2 is 2.21 bits per heavy atom. The summed E-state index contributed by atoms with van der Waals surface area (Å²) >= 11 is 5.81. The van der Waals surface area contributed by atoms with Crippen molar-refractivity contribution in [1.29, 1.82) is 0 Å². The van der Waals surface area contributed by atoms with Gasteiger partial charge in [-0.15, -0.1) is 12.4 Å². The molecule has 0 aliphatic heterocycles. The quantitative estimate of drug-likeness (QED) is 0.771. The Labute approximate surface area is 94.0 Å². The van der Waals surface area contributed by atoms with Crippen LogP contribution in [0.2, 0.25) is 5.02 Å². The smallest absolute Gasteiger partial charge is 0.252 e. The van der Waals surface area contributed by atoms with Crippen molar-refractivity contribution in [2.75, 3.05) is 12.3 Å². The third kappa shape index (κ3) is 3.09. The minimum atomic E-state index is -0.195. The van der Waals surface area contributed by atoms with Crippen LogP contribution in [0.25, 0.3) is 0 Å². The monoisotopic (exact) mass is 234 g/mol. The highest BCUT2D eigenvalue weighted by Gasteiger charge is 2.08. The number of anilines is 1. The van der Waals surface area contributed by atoms with Gasteiger partial charge in [0.1, 0.15) is 0 Å². The third-order valence-corrected chi connectivity index (χ3v) is 1.90. The Bertz CT molecular complexity index is 329. The normalized spacial score (nSPS) is 9.00. The van der Waals surface area contributed by atoms with Gasteiger partial charge in [0.05, 0.1) is 10.6 Å². The number of carbonyl (C=O) groups excluding carboxylic acids is 1.